The number of rotatable bonds is 8. The minimum absolute atomic E-state index is 0.193. The molecule has 4 heterocycles. The Bertz CT molecular complexity index is 1920. The summed E-state index contributed by atoms with van der Waals surface area (Å²) in [6.07, 6.45) is -0.845. The smallest absolute Gasteiger partial charge is 0.365 e. The monoisotopic (exact) mass is 611 g/mol. The van der Waals surface area contributed by atoms with Crippen LogP contribution in [0, 0.1) is 0 Å². The Morgan fingerprint density at radius 3 is 2.27 bits per heavy atom. The summed E-state index contributed by atoms with van der Waals surface area (Å²) in [5, 5.41) is 6.92. The number of nitrogens with zero attached hydrogens (tertiary/aromatic N) is 7. The average molecular weight is 612 g/mol. The van der Waals surface area contributed by atoms with Gasteiger partial charge in [-0.05, 0) is 48.2 Å². The van der Waals surface area contributed by atoms with Gasteiger partial charge in [0.1, 0.15) is 0 Å². The molecule has 0 saturated carbocycles. The maximum atomic E-state index is 13.1. The van der Waals surface area contributed by atoms with Gasteiger partial charge >= 0.3 is 6.18 Å². The quantitative estimate of drug-likeness (QED) is 0.201. The highest BCUT2D eigenvalue weighted by molar-refractivity contribution is 5.85. The number of imidazole rings is 2. The highest BCUT2D eigenvalue weighted by Crippen LogP contribution is 2.30. The standard InChI is InChI=1S/C33H32F3N9/c1-43-27-10-6-5-9-26(27)39-32(43)42-31-40-29(38-25-15-17-44(18-16-25)19-22-7-3-2-4-8-22)28-30(41-31)45(21-37-28)20-23-11-13-24(14-12-23)33(34,35)36/h2-14,21,25H,15-20H2,1H3,(H2,38,39,40,41,42). The number of piperidine rings is 1. The van der Waals surface area contributed by atoms with Crippen molar-refractivity contribution in [3.05, 3.63) is 102 Å². The summed E-state index contributed by atoms with van der Waals surface area (Å²) in [7, 11) is 1.92. The number of alkyl halides is 3. The van der Waals surface area contributed by atoms with Crippen molar-refractivity contribution in [2.45, 2.75) is 38.1 Å². The number of hydrogen-bond acceptors (Lipinski definition) is 7. The molecule has 0 aliphatic carbocycles. The fourth-order valence-corrected chi connectivity index (χ4v) is 5.84. The van der Waals surface area contributed by atoms with Crippen LogP contribution in [0.1, 0.15) is 29.5 Å². The van der Waals surface area contributed by atoms with Gasteiger partial charge < -0.3 is 14.5 Å². The van der Waals surface area contributed by atoms with Gasteiger partial charge in [-0.2, -0.15) is 23.1 Å². The maximum Gasteiger partial charge on any atom is 0.416 e. The van der Waals surface area contributed by atoms with E-state index in [0.29, 0.717) is 41.0 Å². The molecule has 1 fully saturated rings. The van der Waals surface area contributed by atoms with Gasteiger partial charge in [-0.1, -0.05) is 54.6 Å². The van der Waals surface area contributed by atoms with Gasteiger partial charge in [0.25, 0.3) is 0 Å². The predicted molar refractivity (Wildman–Crippen MR) is 168 cm³/mol. The average Bonchev–Trinajstić information content (AvgIpc) is 3.59. The van der Waals surface area contributed by atoms with Crippen LogP contribution in [0.4, 0.5) is 30.9 Å². The third-order valence-corrected chi connectivity index (χ3v) is 8.29. The molecule has 1 saturated heterocycles. The number of fused-ring (bicyclic) bond motifs is 2. The summed E-state index contributed by atoms with van der Waals surface area (Å²) in [4.78, 5) is 21.5. The highest BCUT2D eigenvalue weighted by atomic mass is 19.4. The van der Waals surface area contributed by atoms with E-state index in [2.05, 4.69) is 44.8 Å². The lowest BCUT2D eigenvalue weighted by molar-refractivity contribution is -0.137. The topological polar surface area (TPSA) is 88.7 Å². The van der Waals surface area contributed by atoms with Crippen LogP contribution in [0.15, 0.2) is 85.2 Å². The molecular formula is C33H32F3N9. The zero-order valence-corrected chi connectivity index (χ0v) is 24.7. The van der Waals surface area contributed by atoms with Crippen molar-refractivity contribution in [2.75, 3.05) is 23.7 Å². The largest absolute Gasteiger partial charge is 0.416 e. The number of benzene rings is 3. The fourth-order valence-electron chi connectivity index (χ4n) is 5.84. The molecule has 45 heavy (non-hydrogen) atoms. The number of aryl methyl sites for hydroxylation is 1. The van der Waals surface area contributed by atoms with Crippen LogP contribution in [0.2, 0.25) is 0 Å². The zero-order chi connectivity index (χ0) is 31.0. The number of hydrogen-bond donors (Lipinski definition) is 2. The van der Waals surface area contributed by atoms with Crippen LogP contribution in [0.25, 0.3) is 22.2 Å². The molecule has 230 valence electrons. The van der Waals surface area contributed by atoms with E-state index in [1.807, 2.05) is 46.5 Å². The molecule has 0 spiro atoms. The highest BCUT2D eigenvalue weighted by Gasteiger charge is 2.30. The Morgan fingerprint density at radius 1 is 0.822 bits per heavy atom. The van der Waals surface area contributed by atoms with E-state index in [0.717, 1.165) is 55.6 Å². The van der Waals surface area contributed by atoms with Crippen molar-refractivity contribution < 1.29 is 13.2 Å². The van der Waals surface area contributed by atoms with E-state index in [-0.39, 0.29) is 6.04 Å². The number of para-hydroxylation sites is 2. The molecule has 2 N–H and O–H groups in total. The lowest BCUT2D eigenvalue weighted by atomic mass is 10.0. The number of nitrogens with one attached hydrogen (secondary N) is 2. The molecule has 9 nitrogen and oxygen atoms in total. The maximum absolute atomic E-state index is 13.1. The van der Waals surface area contributed by atoms with Gasteiger partial charge in [0.2, 0.25) is 11.9 Å². The number of anilines is 3. The first-order valence-corrected chi connectivity index (χ1v) is 14.9. The lowest BCUT2D eigenvalue weighted by Crippen LogP contribution is -2.38. The van der Waals surface area contributed by atoms with Crippen LogP contribution in [-0.2, 0) is 26.3 Å². The molecule has 0 bridgehead atoms. The van der Waals surface area contributed by atoms with E-state index in [1.54, 1.807) is 6.33 Å². The Kier molecular flexibility index (Phi) is 7.58. The van der Waals surface area contributed by atoms with Gasteiger partial charge in [-0.25, -0.2) is 9.97 Å². The van der Waals surface area contributed by atoms with Crippen LogP contribution >= 0.6 is 0 Å². The first kappa shape index (κ1) is 28.8. The van der Waals surface area contributed by atoms with Crippen LogP contribution < -0.4 is 10.6 Å². The minimum Gasteiger partial charge on any atom is -0.365 e. The van der Waals surface area contributed by atoms with Crippen molar-refractivity contribution in [1.82, 2.24) is 34.0 Å². The second-order valence-corrected chi connectivity index (χ2v) is 11.4. The Hall–Kier alpha value is -4.97. The van der Waals surface area contributed by atoms with E-state index < -0.39 is 11.7 Å². The van der Waals surface area contributed by atoms with Crippen molar-refractivity contribution >= 4 is 39.9 Å². The van der Waals surface area contributed by atoms with Gasteiger partial charge in [-0.15, -0.1) is 0 Å². The first-order chi connectivity index (χ1) is 21.8. The SMILES string of the molecule is Cn1c(Nc2nc(NC3CCN(Cc4ccccc4)CC3)c3ncn(Cc4ccc(C(F)(F)F)cc4)c3n2)nc2ccccc21. The van der Waals surface area contributed by atoms with Crippen LogP contribution in [0.5, 0.6) is 0 Å². The van der Waals surface area contributed by atoms with Crippen molar-refractivity contribution in [3.8, 4) is 0 Å². The van der Waals surface area contributed by atoms with E-state index in [1.165, 1.54) is 17.7 Å². The third kappa shape index (κ3) is 6.18. The fraction of sp³-hybridized carbons (Fsp3) is 0.273. The van der Waals surface area contributed by atoms with E-state index in [4.69, 9.17) is 15.0 Å². The molecule has 1 aliphatic heterocycles. The Labute approximate surface area is 257 Å². The Morgan fingerprint density at radius 2 is 1.53 bits per heavy atom. The number of likely N-dealkylation sites (tertiary alicyclic amines) is 1. The molecule has 3 aromatic heterocycles. The number of halogens is 3. The van der Waals surface area contributed by atoms with Crippen LogP contribution in [-0.4, -0.2) is 53.1 Å². The molecular weight excluding hydrogens is 579 g/mol. The molecule has 6 aromatic rings. The second-order valence-electron chi connectivity index (χ2n) is 11.4. The van der Waals surface area contributed by atoms with E-state index in [9.17, 15) is 13.2 Å². The second kappa shape index (κ2) is 11.8. The van der Waals surface area contributed by atoms with E-state index >= 15 is 0 Å². The summed E-state index contributed by atoms with van der Waals surface area (Å²) < 4.78 is 43.1. The van der Waals surface area contributed by atoms with Gasteiger partial charge in [0.05, 0.1) is 29.5 Å². The zero-order valence-electron chi connectivity index (χ0n) is 24.7. The normalized spacial score (nSPS) is 14.8. The molecule has 12 heteroatoms. The molecule has 7 rings (SSSR count). The molecule has 0 amide bonds. The lowest BCUT2D eigenvalue weighted by Gasteiger charge is -2.32. The molecule has 0 unspecified atom stereocenters. The summed E-state index contributed by atoms with van der Waals surface area (Å²) in [5.74, 6) is 1.54. The van der Waals surface area contributed by atoms with Crippen molar-refractivity contribution in [2.24, 2.45) is 7.05 Å². The molecule has 3 aromatic carbocycles. The van der Waals surface area contributed by atoms with Gasteiger partial charge in [0, 0.05) is 32.7 Å². The Balaban J connectivity index is 1.17. The minimum atomic E-state index is -4.39. The summed E-state index contributed by atoms with van der Waals surface area (Å²) >= 11 is 0. The summed E-state index contributed by atoms with van der Waals surface area (Å²) in [6.45, 7) is 3.13. The number of aromatic nitrogens is 6. The third-order valence-electron chi connectivity index (χ3n) is 8.29. The van der Waals surface area contributed by atoms with Crippen LogP contribution in [0.3, 0.4) is 0 Å². The van der Waals surface area contributed by atoms with Crippen molar-refractivity contribution in [1.29, 1.82) is 0 Å². The van der Waals surface area contributed by atoms with Gasteiger partial charge in [-0.3, -0.25) is 10.2 Å². The summed E-state index contributed by atoms with van der Waals surface area (Å²) in [5.41, 5.74) is 4.30. The first-order valence-electron chi connectivity index (χ1n) is 14.9. The molecule has 0 atom stereocenters. The molecule has 1 aliphatic rings. The van der Waals surface area contributed by atoms with Gasteiger partial charge in [0.15, 0.2) is 17.0 Å². The molecule has 0 radical (unpaired) electrons. The van der Waals surface area contributed by atoms with Crippen molar-refractivity contribution in [3.63, 3.8) is 0 Å². The predicted octanol–water partition coefficient (Wildman–Crippen LogP) is 6.60. The summed E-state index contributed by atoms with van der Waals surface area (Å²) in [6, 6.07) is 23.7.